The van der Waals surface area contributed by atoms with E-state index < -0.39 is 0 Å². The molecule has 5 heteroatoms. The SMILES string of the molecule is CC(NC(=O)c1sc2ncccc2c1-n1cccc1)C12CC3CC(CC(C3)C1)C2. The number of thiophene rings is 1. The van der Waals surface area contributed by atoms with E-state index in [1.807, 2.05) is 35.2 Å². The van der Waals surface area contributed by atoms with Gasteiger partial charge in [-0.1, -0.05) is 0 Å². The normalized spacial score (nSPS) is 31.3. The zero-order chi connectivity index (χ0) is 19.6. The Kier molecular flexibility index (Phi) is 3.92. The summed E-state index contributed by atoms with van der Waals surface area (Å²) in [4.78, 5) is 19.7. The fourth-order valence-electron chi connectivity index (χ4n) is 6.94. The molecular formula is C24H27N3OS. The highest BCUT2D eigenvalue weighted by atomic mass is 32.1. The van der Waals surface area contributed by atoms with E-state index in [0.29, 0.717) is 5.41 Å². The highest BCUT2D eigenvalue weighted by Gasteiger charge is 2.53. The lowest BCUT2D eigenvalue weighted by molar-refractivity contribution is -0.0687. The van der Waals surface area contributed by atoms with Crippen molar-refractivity contribution in [2.24, 2.45) is 23.2 Å². The lowest BCUT2D eigenvalue weighted by Gasteiger charge is -2.59. The van der Waals surface area contributed by atoms with Crippen molar-refractivity contribution in [1.29, 1.82) is 0 Å². The van der Waals surface area contributed by atoms with Gasteiger partial charge in [-0.05, 0) is 92.9 Å². The van der Waals surface area contributed by atoms with Gasteiger partial charge in [-0.25, -0.2) is 4.98 Å². The fourth-order valence-corrected chi connectivity index (χ4v) is 7.98. The third kappa shape index (κ3) is 2.77. The number of fused-ring (bicyclic) bond motifs is 1. The van der Waals surface area contributed by atoms with Gasteiger partial charge in [0.1, 0.15) is 9.71 Å². The second kappa shape index (κ2) is 6.43. The number of amides is 1. The van der Waals surface area contributed by atoms with Crippen molar-refractivity contribution < 1.29 is 4.79 Å². The molecule has 3 aromatic rings. The largest absolute Gasteiger partial charge is 0.348 e. The first kappa shape index (κ1) is 17.7. The first-order chi connectivity index (χ1) is 14.1. The molecule has 0 spiro atoms. The van der Waals surface area contributed by atoms with Gasteiger partial charge in [0.2, 0.25) is 0 Å². The summed E-state index contributed by atoms with van der Waals surface area (Å²) in [5.74, 6) is 2.73. The summed E-state index contributed by atoms with van der Waals surface area (Å²) in [5, 5.41) is 4.49. The molecule has 1 unspecified atom stereocenters. The minimum absolute atomic E-state index is 0.0555. The van der Waals surface area contributed by atoms with Crippen molar-refractivity contribution in [3.05, 3.63) is 47.7 Å². The van der Waals surface area contributed by atoms with Gasteiger partial charge in [-0.3, -0.25) is 4.79 Å². The number of hydrogen-bond acceptors (Lipinski definition) is 3. The van der Waals surface area contributed by atoms with Crippen LogP contribution in [0.3, 0.4) is 0 Å². The number of pyridine rings is 1. The van der Waals surface area contributed by atoms with Gasteiger partial charge in [0.05, 0.1) is 5.69 Å². The average molecular weight is 406 g/mol. The zero-order valence-corrected chi connectivity index (χ0v) is 17.6. The molecule has 3 heterocycles. The highest BCUT2D eigenvalue weighted by molar-refractivity contribution is 7.21. The van der Waals surface area contributed by atoms with Crippen LogP contribution in [0, 0.1) is 23.2 Å². The van der Waals surface area contributed by atoms with E-state index in [2.05, 4.69) is 23.3 Å². The molecule has 3 aromatic heterocycles. The zero-order valence-electron chi connectivity index (χ0n) is 16.8. The molecule has 4 bridgehead atoms. The number of rotatable bonds is 4. The summed E-state index contributed by atoms with van der Waals surface area (Å²) >= 11 is 1.51. The van der Waals surface area contributed by atoms with Gasteiger partial charge in [0.25, 0.3) is 5.91 Å². The number of aromatic nitrogens is 2. The van der Waals surface area contributed by atoms with Crippen LogP contribution in [0.15, 0.2) is 42.9 Å². The Morgan fingerprint density at radius 2 is 1.79 bits per heavy atom. The molecule has 4 saturated carbocycles. The van der Waals surface area contributed by atoms with E-state index >= 15 is 0 Å². The van der Waals surface area contributed by atoms with Crippen molar-refractivity contribution in [2.75, 3.05) is 0 Å². The van der Waals surface area contributed by atoms with Crippen molar-refractivity contribution in [1.82, 2.24) is 14.9 Å². The minimum Gasteiger partial charge on any atom is -0.348 e. The number of nitrogens with one attached hydrogen (secondary N) is 1. The topological polar surface area (TPSA) is 46.9 Å². The molecular weight excluding hydrogens is 378 g/mol. The summed E-state index contributed by atoms with van der Waals surface area (Å²) in [6.45, 7) is 2.26. The summed E-state index contributed by atoms with van der Waals surface area (Å²) in [7, 11) is 0. The van der Waals surface area contributed by atoms with E-state index in [9.17, 15) is 4.79 Å². The molecule has 29 heavy (non-hydrogen) atoms. The van der Waals surface area contributed by atoms with Gasteiger partial charge < -0.3 is 9.88 Å². The number of nitrogens with zero attached hydrogens (tertiary/aromatic N) is 2. The Morgan fingerprint density at radius 1 is 1.14 bits per heavy atom. The first-order valence-electron chi connectivity index (χ1n) is 10.9. The van der Waals surface area contributed by atoms with Crippen LogP contribution in [0.25, 0.3) is 15.9 Å². The Balaban J connectivity index is 1.33. The first-order valence-corrected chi connectivity index (χ1v) is 11.7. The molecule has 1 amide bonds. The van der Waals surface area contributed by atoms with Gasteiger partial charge in [-0.15, -0.1) is 11.3 Å². The summed E-state index contributed by atoms with van der Waals surface area (Å²) < 4.78 is 2.05. The van der Waals surface area contributed by atoms with Crippen molar-refractivity contribution in [3.63, 3.8) is 0 Å². The number of carbonyl (C=O) groups excluding carboxylic acids is 1. The van der Waals surface area contributed by atoms with Crippen LogP contribution in [-0.4, -0.2) is 21.5 Å². The Bertz CT molecular complexity index is 1030. The molecule has 1 N–H and O–H groups in total. The van der Waals surface area contributed by atoms with Gasteiger partial charge in [0.15, 0.2) is 0 Å². The van der Waals surface area contributed by atoms with Crippen LogP contribution in [0.2, 0.25) is 0 Å². The molecule has 4 nitrogen and oxygen atoms in total. The average Bonchev–Trinajstić information content (AvgIpc) is 3.34. The van der Waals surface area contributed by atoms with Gasteiger partial charge >= 0.3 is 0 Å². The van der Waals surface area contributed by atoms with Crippen molar-refractivity contribution in [3.8, 4) is 5.69 Å². The second-order valence-corrected chi connectivity index (χ2v) is 10.7. The number of hydrogen-bond donors (Lipinski definition) is 1. The smallest absolute Gasteiger partial charge is 0.263 e. The second-order valence-electron chi connectivity index (χ2n) is 9.70. The molecule has 1 atom stereocenters. The Labute approximate surface area is 175 Å². The Hall–Kier alpha value is -2.14. The van der Waals surface area contributed by atoms with Crippen LogP contribution in [0.1, 0.15) is 55.1 Å². The molecule has 4 aliphatic rings. The monoisotopic (exact) mass is 405 g/mol. The van der Waals surface area contributed by atoms with E-state index in [1.165, 1.54) is 49.9 Å². The molecule has 4 aliphatic carbocycles. The predicted molar refractivity (Wildman–Crippen MR) is 116 cm³/mol. The molecule has 0 radical (unpaired) electrons. The standard InChI is InChI=1S/C24H27N3OS/c1-15(24-12-16-9-17(13-24)11-18(10-16)14-24)26-22(28)21-20(27-7-2-3-8-27)19-5-4-6-25-23(19)29-21/h2-8,15-18H,9-14H2,1H3,(H,26,28). The van der Waals surface area contributed by atoms with Gasteiger partial charge in [0, 0.05) is 30.0 Å². The van der Waals surface area contributed by atoms with E-state index in [1.54, 1.807) is 6.20 Å². The summed E-state index contributed by atoms with van der Waals surface area (Å²) in [6, 6.07) is 8.23. The lowest BCUT2D eigenvalue weighted by atomic mass is 9.48. The van der Waals surface area contributed by atoms with Gasteiger partial charge in [-0.2, -0.15) is 0 Å². The highest BCUT2D eigenvalue weighted by Crippen LogP contribution is 2.61. The molecule has 0 aliphatic heterocycles. The summed E-state index contributed by atoms with van der Waals surface area (Å²) in [6.07, 6.45) is 14.0. The summed E-state index contributed by atoms with van der Waals surface area (Å²) in [5.41, 5.74) is 1.27. The maximum atomic E-state index is 13.5. The maximum absolute atomic E-state index is 13.5. The minimum atomic E-state index is 0.0555. The molecule has 0 aromatic carbocycles. The molecule has 4 fully saturated rings. The lowest BCUT2D eigenvalue weighted by Crippen LogP contribution is -2.55. The molecule has 7 rings (SSSR count). The van der Waals surface area contributed by atoms with Crippen LogP contribution in [0.5, 0.6) is 0 Å². The van der Waals surface area contributed by atoms with Crippen LogP contribution < -0.4 is 5.32 Å². The molecule has 0 saturated heterocycles. The Morgan fingerprint density at radius 3 is 2.45 bits per heavy atom. The third-order valence-corrected chi connectivity index (χ3v) is 8.96. The van der Waals surface area contributed by atoms with Crippen LogP contribution >= 0.6 is 11.3 Å². The predicted octanol–water partition coefficient (Wildman–Crippen LogP) is 5.42. The van der Waals surface area contributed by atoms with Crippen molar-refractivity contribution >= 4 is 27.5 Å². The quantitative estimate of drug-likeness (QED) is 0.630. The van der Waals surface area contributed by atoms with Crippen molar-refractivity contribution in [2.45, 2.75) is 51.5 Å². The van der Waals surface area contributed by atoms with Crippen LogP contribution in [0.4, 0.5) is 0 Å². The van der Waals surface area contributed by atoms with Crippen LogP contribution in [-0.2, 0) is 0 Å². The van der Waals surface area contributed by atoms with E-state index in [0.717, 1.165) is 38.5 Å². The molecule has 150 valence electrons. The maximum Gasteiger partial charge on any atom is 0.263 e. The van der Waals surface area contributed by atoms with E-state index in [-0.39, 0.29) is 11.9 Å². The third-order valence-electron chi connectivity index (χ3n) is 7.86. The fraction of sp³-hybridized carbons (Fsp3) is 0.500. The van der Waals surface area contributed by atoms with E-state index in [4.69, 9.17) is 0 Å². The number of carbonyl (C=O) groups is 1.